The SMILES string of the molecule is [HH].c1ccc2c(c1)NCC21CCN(C2CCCCC2)CC1. The lowest BCUT2D eigenvalue weighted by molar-refractivity contribution is 0.0982. The number of likely N-dealkylation sites (tertiary alicyclic amines) is 1. The fourth-order valence-corrected chi connectivity index (χ4v) is 4.67. The van der Waals surface area contributed by atoms with Crippen LogP contribution in [0.5, 0.6) is 0 Å². The normalized spacial score (nSPS) is 26.4. The Kier molecular flexibility index (Phi) is 3.22. The minimum Gasteiger partial charge on any atom is -0.384 e. The summed E-state index contributed by atoms with van der Waals surface area (Å²) in [6, 6.07) is 9.86. The zero-order valence-corrected chi connectivity index (χ0v) is 12.4. The van der Waals surface area contributed by atoms with Crippen LogP contribution in [0.4, 0.5) is 5.69 Å². The van der Waals surface area contributed by atoms with Gasteiger partial charge in [0.25, 0.3) is 0 Å². The molecule has 2 heterocycles. The lowest BCUT2D eigenvalue weighted by Crippen LogP contribution is -2.48. The van der Waals surface area contributed by atoms with Crippen molar-refractivity contribution in [1.29, 1.82) is 0 Å². The number of hydrogen-bond acceptors (Lipinski definition) is 2. The van der Waals surface area contributed by atoms with Crippen molar-refractivity contribution in [2.75, 3.05) is 25.0 Å². The Hall–Kier alpha value is -1.02. The average Bonchev–Trinajstić information content (AvgIpc) is 2.88. The van der Waals surface area contributed by atoms with Gasteiger partial charge in [0.15, 0.2) is 0 Å². The van der Waals surface area contributed by atoms with Crippen molar-refractivity contribution in [3.05, 3.63) is 29.8 Å². The zero-order chi connectivity index (χ0) is 13.4. The van der Waals surface area contributed by atoms with E-state index in [0.717, 1.165) is 12.6 Å². The van der Waals surface area contributed by atoms with Crippen molar-refractivity contribution in [3.8, 4) is 0 Å². The quantitative estimate of drug-likeness (QED) is 0.830. The predicted octanol–water partition coefficient (Wildman–Crippen LogP) is 4.02. The average molecular weight is 272 g/mol. The molecule has 0 unspecified atom stereocenters. The second-order valence-electron chi connectivity index (χ2n) is 7.01. The highest BCUT2D eigenvalue weighted by molar-refractivity contribution is 5.60. The van der Waals surface area contributed by atoms with Crippen LogP contribution in [0.25, 0.3) is 0 Å². The highest BCUT2D eigenvalue weighted by atomic mass is 15.2. The van der Waals surface area contributed by atoms with E-state index in [9.17, 15) is 0 Å². The number of nitrogens with zero attached hydrogens (tertiary/aromatic N) is 1. The van der Waals surface area contributed by atoms with Gasteiger partial charge in [-0.05, 0) is 50.4 Å². The Morgan fingerprint density at radius 2 is 1.80 bits per heavy atom. The fraction of sp³-hybridized carbons (Fsp3) is 0.667. The van der Waals surface area contributed by atoms with Crippen molar-refractivity contribution in [2.45, 2.75) is 56.4 Å². The molecule has 1 spiro atoms. The Morgan fingerprint density at radius 1 is 1.05 bits per heavy atom. The lowest BCUT2D eigenvalue weighted by atomic mass is 9.74. The number of hydrogen-bond donors (Lipinski definition) is 1. The summed E-state index contributed by atoms with van der Waals surface area (Å²) in [6.07, 6.45) is 9.95. The van der Waals surface area contributed by atoms with Gasteiger partial charge in [0.05, 0.1) is 0 Å². The van der Waals surface area contributed by atoms with Gasteiger partial charge >= 0.3 is 0 Å². The molecule has 1 aromatic rings. The number of benzene rings is 1. The number of fused-ring (bicyclic) bond motifs is 2. The monoisotopic (exact) mass is 272 g/mol. The Bertz CT molecular complexity index is 474. The molecule has 2 heteroatoms. The van der Waals surface area contributed by atoms with Crippen molar-refractivity contribution in [3.63, 3.8) is 0 Å². The highest BCUT2D eigenvalue weighted by Gasteiger charge is 2.42. The molecule has 1 aromatic carbocycles. The highest BCUT2D eigenvalue weighted by Crippen LogP contribution is 2.44. The van der Waals surface area contributed by atoms with Crippen molar-refractivity contribution < 1.29 is 1.43 Å². The van der Waals surface area contributed by atoms with Gasteiger partial charge in [-0.15, -0.1) is 0 Å². The molecule has 2 aliphatic heterocycles. The molecule has 0 aromatic heterocycles. The van der Waals surface area contributed by atoms with Crippen LogP contribution in [-0.4, -0.2) is 30.6 Å². The van der Waals surface area contributed by atoms with Gasteiger partial charge in [-0.1, -0.05) is 37.5 Å². The smallest absolute Gasteiger partial charge is 0.0379 e. The van der Waals surface area contributed by atoms with Gasteiger partial charge in [-0.25, -0.2) is 0 Å². The Morgan fingerprint density at radius 3 is 2.60 bits per heavy atom. The summed E-state index contributed by atoms with van der Waals surface area (Å²) in [5.74, 6) is 0. The molecule has 1 saturated heterocycles. The summed E-state index contributed by atoms with van der Waals surface area (Å²) in [7, 11) is 0. The molecule has 0 atom stereocenters. The molecule has 20 heavy (non-hydrogen) atoms. The summed E-state index contributed by atoms with van der Waals surface area (Å²) >= 11 is 0. The maximum atomic E-state index is 3.64. The fourth-order valence-electron chi connectivity index (χ4n) is 4.67. The van der Waals surface area contributed by atoms with Gasteiger partial charge in [0.1, 0.15) is 0 Å². The first-order chi connectivity index (χ1) is 9.87. The number of piperidine rings is 1. The summed E-state index contributed by atoms with van der Waals surface area (Å²) in [6.45, 7) is 3.77. The molecular formula is C18H28N2. The molecule has 1 saturated carbocycles. The standard InChI is InChI=1S/C18H26N2.H2/c1-2-6-15(7-3-1)20-12-10-18(11-13-20)14-19-17-9-5-4-8-16(17)18;/h4-5,8-9,15,19H,1-3,6-7,10-14H2;1H. The Labute approximate surface area is 124 Å². The van der Waals surface area contributed by atoms with Gasteiger partial charge in [0.2, 0.25) is 0 Å². The van der Waals surface area contributed by atoms with Crippen LogP contribution in [0.2, 0.25) is 0 Å². The van der Waals surface area contributed by atoms with Gasteiger partial charge < -0.3 is 10.2 Å². The van der Waals surface area contributed by atoms with E-state index >= 15 is 0 Å². The molecule has 4 rings (SSSR count). The molecule has 110 valence electrons. The van der Waals surface area contributed by atoms with Crippen LogP contribution in [0.1, 0.15) is 51.9 Å². The first-order valence-corrected chi connectivity index (χ1v) is 8.45. The second-order valence-corrected chi connectivity index (χ2v) is 7.01. The summed E-state index contributed by atoms with van der Waals surface area (Å²) in [5, 5.41) is 3.64. The maximum absolute atomic E-state index is 3.64. The van der Waals surface area contributed by atoms with E-state index in [1.165, 1.54) is 63.7 Å². The van der Waals surface area contributed by atoms with Crippen LogP contribution in [0, 0.1) is 0 Å². The third kappa shape index (κ3) is 2.05. The van der Waals surface area contributed by atoms with Crippen LogP contribution in [0.15, 0.2) is 24.3 Å². The molecule has 0 radical (unpaired) electrons. The number of nitrogens with one attached hydrogen (secondary N) is 1. The van der Waals surface area contributed by atoms with E-state index in [0.29, 0.717) is 5.41 Å². The number of para-hydroxylation sites is 1. The molecule has 0 amide bonds. The molecule has 2 nitrogen and oxygen atoms in total. The Balaban J connectivity index is 0.00000132. The first-order valence-electron chi connectivity index (χ1n) is 8.45. The van der Waals surface area contributed by atoms with Crippen LogP contribution in [0.3, 0.4) is 0 Å². The minimum atomic E-state index is 0. The second kappa shape index (κ2) is 5.07. The molecule has 1 N–H and O–H groups in total. The third-order valence-corrected chi connectivity index (χ3v) is 5.96. The molecule has 2 fully saturated rings. The number of rotatable bonds is 1. The largest absolute Gasteiger partial charge is 0.384 e. The van der Waals surface area contributed by atoms with Crippen LogP contribution < -0.4 is 5.32 Å². The summed E-state index contributed by atoms with van der Waals surface area (Å²) < 4.78 is 0. The van der Waals surface area contributed by atoms with Gasteiger partial charge in [-0.2, -0.15) is 0 Å². The molecular weight excluding hydrogens is 244 g/mol. The topological polar surface area (TPSA) is 15.3 Å². The van der Waals surface area contributed by atoms with Gasteiger partial charge in [-0.3, -0.25) is 0 Å². The first kappa shape index (κ1) is 12.7. The van der Waals surface area contributed by atoms with E-state index in [1.54, 1.807) is 5.56 Å². The third-order valence-electron chi connectivity index (χ3n) is 5.96. The van der Waals surface area contributed by atoms with E-state index < -0.39 is 0 Å². The van der Waals surface area contributed by atoms with E-state index in [1.807, 2.05) is 0 Å². The van der Waals surface area contributed by atoms with Crippen LogP contribution >= 0.6 is 0 Å². The van der Waals surface area contributed by atoms with E-state index in [-0.39, 0.29) is 1.43 Å². The van der Waals surface area contributed by atoms with E-state index in [2.05, 4.69) is 34.5 Å². The molecule has 3 aliphatic rings. The minimum absolute atomic E-state index is 0. The number of anilines is 1. The van der Waals surface area contributed by atoms with Crippen molar-refractivity contribution >= 4 is 5.69 Å². The summed E-state index contributed by atoms with van der Waals surface area (Å²) in [4.78, 5) is 2.80. The molecule has 0 bridgehead atoms. The van der Waals surface area contributed by atoms with E-state index in [4.69, 9.17) is 0 Å². The summed E-state index contributed by atoms with van der Waals surface area (Å²) in [5.41, 5.74) is 3.41. The van der Waals surface area contributed by atoms with Crippen molar-refractivity contribution in [2.24, 2.45) is 0 Å². The van der Waals surface area contributed by atoms with Gasteiger partial charge in [0, 0.05) is 25.1 Å². The van der Waals surface area contributed by atoms with Crippen molar-refractivity contribution in [1.82, 2.24) is 4.90 Å². The van der Waals surface area contributed by atoms with Crippen LogP contribution in [-0.2, 0) is 5.41 Å². The predicted molar refractivity (Wildman–Crippen MR) is 86.4 cm³/mol. The molecule has 1 aliphatic carbocycles. The maximum Gasteiger partial charge on any atom is 0.0379 e. The zero-order valence-electron chi connectivity index (χ0n) is 12.4. The lowest BCUT2D eigenvalue weighted by Gasteiger charge is -2.43.